The Kier molecular flexibility index (Phi) is 4.54. The van der Waals surface area contributed by atoms with E-state index in [1.165, 1.54) is 22.5 Å². The van der Waals surface area contributed by atoms with E-state index in [2.05, 4.69) is 4.72 Å². The van der Waals surface area contributed by atoms with E-state index in [-0.39, 0.29) is 11.4 Å². The van der Waals surface area contributed by atoms with E-state index in [0.717, 1.165) is 25.7 Å². The van der Waals surface area contributed by atoms with Gasteiger partial charge >= 0.3 is 10.2 Å². The number of benzene rings is 1. The minimum absolute atomic E-state index is 0.147. The zero-order chi connectivity index (χ0) is 13.9. The van der Waals surface area contributed by atoms with E-state index in [1.54, 1.807) is 0 Å². The Morgan fingerprint density at radius 1 is 1.16 bits per heavy atom. The highest BCUT2D eigenvalue weighted by atomic mass is 35.5. The van der Waals surface area contributed by atoms with Gasteiger partial charge in [-0.3, -0.25) is 4.72 Å². The number of phenols is 1. The zero-order valence-corrected chi connectivity index (χ0v) is 12.0. The van der Waals surface area contributed by atoms with E-state index in [9.17, 15) is 13.5 Å². The summed E-state index contributed by atoms with van der Waals surface area (Å²) in [5.41, 5.74) is 0.147. The van der Waals surface area contributed by atoms with Crippen molar-refractivity contribution in [2.75, 3.05) is 17.8 Å². The van der Waals surface area contributed by atoms with Crippen LogP contribution in [0.4, 0.5) is 5.69 Å². The molecule has 1 aromatic carbocycles. The van der Waals surface area contributed by atoms with Crippen LogP contribution in [0.3, 0.4) is 0 Å². The molecule has 0 spiro atoms. The van der Waals surface area contributed by atoms with Gasteiger partial charge in [0.25, 0.3) is 0 Å². The number of nitrogens with zero attached hydrogens (tertiary/aromatic N) is 1. The van der Waals surface area contributed by atoms with Crippen LogP contribution in [0.15, 0.2) is 18.2 Å². The number of hydrogen-bond acceptors (Lipinski definition) is 3. The molecular weight excluding hydrogens is 288 g/mol. The molecule has 0 amide bonds. The topological polar surface area (TPSA) is 69.6 Å². The Morgan fingerprint density at radius 3 is 2.37 bits per heavy atom. The quantitative estimate of drug-likeness (QED) is 0.843. The van der Waals surface area contributed by atoms with Crippen LogP contribution < -0.4 is 4.72 Å². The van der Waals surface area contributed by atoms with Crippen molar-refractivity contribution in [1.29, 1.82) is 0 Å². The minimum atomic E-state index is -3.61. The van der Waals surface area contributed by atoms with Gasteiger partial charge in [0.1, 0.15) is 5.75 Å². The van der Waals surface area contributed by atoms with Gasteiger partial charge in [-0.15, -0.1) is 0 Å². The van der Waals surface area contributed by atoms with Crippen molar-refractivity contribution in [3.63, 3.8) is 0 Å². The van der Waals surface area contributed by atoms with E-state index < -0.39 is 10.2 Å². The number of nitrogens with one attached hydrogen (secondary N) is 1. The maximum atomic E-state index is 12.2. The van der Waals surface area contributed by atoms with Gasteiger partial charge < -0.3 is 5.11 Å². The number of anilines is 1. The number of aromatic hydroxyl groups is 1. The third-order valence-electron chi connectivity index (χ3n) is 3.10. The lowest BCUT2D eigenvalue weighted by Gasteiger charge is -2.21. The molecule has 19 heavy (non-hydrogen) atoms. The average Bonchev–Trinajstić information content (AvgIpc) is 2.62. The first-order chi connectivity index (χ1) is 8.99. The molecule has 0 unspecified atom stereocenters. The molecule has 0 bridgehead atoms. The maximum absolute atomic E-state index is 12.2. The zero-order valence-electron chi connectivity index (χ0n) is 10.5. The minimum Gasteiger partial charge on any atom is -0.506 e. The summed E-state index contributed by atoms with van der Waals surface area (Å²) < 4.78 is 28.3. The monoisotopic (exact) mass is 304 g/mol. The van der Waals surface area contributed by atoms with Crippen LogP contribution in [0, 0.1) is 0 Å². The molecular formula is C12H17ClN2O3S. The number of phenolic OH excluding ortho intramolecular Hbond substituents is 1. The van der Waals surface area contributed by atoms with Crippen LogP contribution >= 0.6 is 11.6 Å². The fourth-order valence-electron chi connectivity index (χ4n) is 2.08. The Balaban J connectivity index is 2.15. The highest BCUT2D eigenvalue weighted by Gasteiger charge is 2.23. The van der Waals surface area contributed by atoms with Crippen molar-refractivity contribution in [2.45, 2.75) is 25.7 Å². The second-order valence-electron chi connectivity index (χ2n) is 4.58. The molecule has 1 fully saturated rings. The normalized spacial score (nSPS) is 17.9. The Hall–Kier alpha value is -0.980. The van der Waals surface area contributed by atoms with E-state index in [1.807, 2.05) is 0 Å². The predicted octanol–water partition coefficient (Wildman–Crippen LogP) is 2.58. The lowest BCUT2D eigenvalue weighted by Crippen LogP contribution is -2.36. The average molecular weight is 305 g/mol. The summed E-state index contributed by atoms with van der Waals surface area (Å²) in [5.74, 6) is -0.175. The molecule has 2 rings (SSSR count). The summed E-state index contributed by atoms with van der Waals surface area (Å²) >= 11 is 5.71. The molecule has 2 N–H and O–H groups in total. The van der Waals surface area contributed by atoms with Crippen LogP contribution in [0.5, 0.6) is 5.75 Å². The highest BCUT2D eigenvalue weighted by Crippen LogP contribution is 2.28. The lowest BCUT2D eigenvalue weighted by molar-refractivity contribution is 0.427. The summed E-state index contributed by atoms with van der Waals surface area (Å²) in [5, 5.41) is 10.0. The van der Waals surface area contributed by atoms with E-state index in [4.69, 9.17) is 11.6 Å². The predicted molar refractivity (Wildman–Crippen MR) is 75.7 cm³/mol. The molecule has 0 radical (unpaired) electrons. The molecule has 1 aromatic rings. The summed E-state index contributed by atoms with van der Waals surface area (Å²) in [4.78, 5) is 0. The van der Waals surface area contributed by atoms with Gasteiger partial charge in [0.05, 0.1) is 5.69 Å². The standard InChI is InChI=1S/C12H17ClN2O3S/c13-10-5-6-11(12(16)9-10)14-19(17,18)15-7-3-1-2-4-8-15/h5-6,9,14,16H,1-4,7-8H2. The van der Waals surface area contributed by atoms with Gasteiger partial charge in [-0.25, -0.2) is 0 Å². The van der Waals surface area contributed by atoms with E-state index in [0.29, 0.717) is 18.1 Å². The van der Waals surface area contributed by atoms with Gasteiger partial charge in [-0.1, -0.05) is 24.4 Å². The van der Waals surface area contributed by atoms with Crippen molar-refractivity contribution >= 4 is 27.5 Å². The van der Waals surface area contributed by atoms with Crippen molar-refractivity contribution in [1.82, 2.24) is 4.31 Å². The van der Waals surface area contributed by atoms with E-state index >= 15 is 0 Å². The molecule has 1 saturated heterocycles. The summed E-state index contributed by atoms with van der Waals surface area (Å²) in [7, 11) is -3.61. The number of halogens is 1. The molecule has 0 atom stereocenters. The van der Waals surface area contributed by atoms with Crippen LogP contribution in [0.1, 0.15) is 25.7 Å². The van der Waals surface area contributed by atoms with Gasteiger partial charge in [-0.05, 0) is 25.0 Å². The van der Waals surface area contributed by atoms with Gasteiger partial charge in [0.15, 0.2) is 0 Å². The third kappa shape index (κ3) is 3.75. The number of rotatable bonds is 3. The number of hydrogen-bond donors (Lipinski definition) is 2. The van der Waals surface area contributed by atoms with Crippen LogP contribution in [-0.2, 0) is 10.2 Å². The molecule has 5 nitrogen and oxygen atoms in total. The van der Waals surface area contributed by atoms with Gasteiger partial charge in [0.2, 0.25) is 0 Å². The lowest BCUT2D eigenvalue weighted by atomic mass is 10.2. The molecule has 106 valence electrons. The Morgan fingerprint density at radius 2 is 1.79 bits per heavy atom. The molecule has 0 saturated carbocycles. The fourth-order valence-corrected chi connectivity index (χ4v) is 3.56. The first kappa shape index (κ1) is 14.4. The second-order valence-corrected chi connectivity index (χ2v) is 6.69. The molecule has 1 aliphatic heterocycles. The molecule has 7 heteroatoms. The summed E-state index contributed by atoms with van der Waals surface area (Å²) in [6.45, 7) is 1.04. The highest BCUT2D eigenvalue weighted by molar-refractivity contribution is 7.90. The Bertz CT molecular complexity index is 540. The SMILES string of the molecule is O=S(=O)(Nc1ccc(Cl)cc1O)N1CCCCCC1. The second kappa shape index (κ2) is 5.98. The summed E-state index contributed by atoms with van der Waals surface area (Å²) in [6, 6.07) is 4.29. The molecule has 0 aromatic heterocycles. The maximum Gasteiger partial charge on any atom is 0.301 e. The molecule has 0 aliphatic carbocycles. The van der Waals surface area contributed by atoms with Gasteiger partial charge in [0, 0.05) is 24.2 Å². The molecule has 1 heterocycles. The molecule has 1 aliphatic rings. The van der Waals surface area contributed by atoms with Crippen molar-refractivity contribution in [2.24, 2.45) is 0 Å². The first-order valence-electron chi connectivity index (χ1n) is 6.25. The van der Waals surface area contributed by atoms with Crippen molar-refractivity contribution in [3.8, 4) is 5.75 Å². The van der Waals surface area contributed by atoms with Crippen molar-refractivity contribution in [3.05, 3.63) is 23.2 Å². The largest absolute Gasteiger partial charge is 0.506 e. The first-order valence-corrected chi connectivity index (χ1v) is 8.07. The van der Waals surface area contributed by atoms with Crippen LogP contribution in [0.2, 0.25) is 5.02 Å². The van der Waals surface area contributed by atoms with Crippen LogP contribution in [0.25, 0.3) is 0 Å². The Labute approximate surface area is 118 Å². The fraction of sp³-hybridized carbons (Fsp3) is 0.500. The van der Waals surface area contributed by atoms with Crippen molar-refractivity contribution < 1.29 is 13.5 Å². The smallest absolute Gasteiger partial charge is 0.301 e. The third-order valence-corrected chi connectivity index (χ3v) is 4.86. The van der Waals surface area contributed by atoms with Crippen LogP contribution in [-0.4, -0.2) is 30.9 Å². The van der Waals surface area contributed by atoms with Gasteiger partial charge in [-0.2, -0.15) is 12.7 Å². The summed E-state index contributed by atoms with van der Waals surface area (Å²) in [6.07, 6.45) is 3.84.